The highest BCUT2D eigenvalue weighted by Gasteiger charge is 2.18. The molecule has 1 aliphatic heterocycles. The average molecular weight is 200 g/mol. The van der Waals surface area contributed by atoms with Crippen molar-refractivity contribution < 1.29 is 9.53 Å². The van der Waals surface area contributed by atoms with Crippen molar-refractivity contribution in [3.63, 3.8) is 0 Å². The molecule has 1 unspecified atom stereocenters. The smallest absolute Gasteiger partial charge is 0.236 e. The normalized spacial score (nSPS) is 23.4. The average Bonchev–Trinajstić information content (AvgIpc) is 2.67. The Labute approximate surface area is 85.2 Å². The molecule has 1 aliphatic rings. The molecule has 1 fully saturated rings. The van der Waals surface area contributed by atoms with Gasteiger partial charge in [-0.2, -0.15) is 0 Å². The molecule has 0 bridgehead atoms. The second kappa shape index (κ2) is 5.98. The lowest BCUT2D eigenvalue weighted by atomic mass is 10.1. The van der Waals surface area contributed by atoms with Crippen LogP contribution in [0.25, 0.3) is 0 Å². The highest BCUT2D eigenvalue weighted by atomic mass is 16.5. The molecule has 3 N–H and O–H groups in total. The summed E-state index contributed by atoms with van der Waals surface area (Å²) in [5, 5.41) is 2.87. The van der Waals surface area contributed by atoms with Crippen LogP contribution in [0.4, 0.5) is 0 Å². The fourth-order valence-corrected chi connectivity index (χ4v) is 1.56. The van der Waals surface area contributed by atoms with Crippen LogP contribution in [-0.4, -0.2) is 31.7 Å². The van der Waals surface area contributed by atoms with Gasteiger partial charge in [0.1, 0.15) is 0 Å². The van der Waals surface area contributed by atoms with E-state index in [1.54, 1.807) is 0 Å². The summed E-state index contributed by atoms with van der Waals surface area (Å²) < 4.78 is 5.21. The zero-order valence-electron chi connectivity index (χ0n) is 8.79. The maximum Gasteiger partial charge on any atom is 0.236 e. The highest BCUT2D eigenvalue weighted by Crippen LogP contribution is 2.10. The number of rotatable bonds is 5. The molecular formula is C10H20N2O2. The minimum atomic E-state index is -0.345. The van der Waals surface area contributed by atoms with Gasteiger partial charge in [-0.05, 0) is 12.8 Å². The van der Waals surface area contributed by atoms with Crippen molar-refractivity contribution in [2.24, 2.45) is 11.7 Å². The number of carbonyl (C=O) groups is 1. The lowest BCUT2D eigenvalue weighted by Crippen LogP contribution is -2.42. The van der Waals surface area contributed by atoms with Crippen LogP contribution in [-0.2, 0) is 9.53 Å². The van der Waals surface area contributed by atoms with Crippen LogP contribution in [0.2, 0.25) is 0 Å². The first kappa shape index (κ1) is 11.5. The summed E-state index contributed by atoms with van der Waals surface area (Å²) in [6, 6.07) is -0.345. The standard InChI is InChI=1S/C10H20N2O2/c1-2-3-9(11)10(13)12-6-8-4-5-14-7-8/h8-9H,2-7,11H2,1H3,(H,12,13)/t8?,9-/m0/s1. The lowest BCUT2D eigenvalue weighted by molar-refractivity contribution is -0.122. The SMILES string of the molecule is CCC[C@H](N)C(=O)NCC1CCOC1. The topological polar surface area (TPSA) is 64.4 Å². The Kier molecular flexibility index (Phi) is 4.90. The fourth-order valence-electron chi connectivity index (χ4n) is 1.56. The monoisotopic (exact) mass is 200 g/mol. The lowest BCUT2D eigenvalue weighted by Gasteiger charge is -2.13. The molecule has 4 nitrogen and oxygen atoms in total. The van der Waals surface area contributed by atoms with E-state index < -0.39 is 0 Å². The number of hydrogen-bond donors (Lipinski definition) is 2. The second-order valence-electron chi connectivity index (χ2n) is 3.87. The summed E-state index contributed by atoms with van der Waals surface area (Å²) in [4.78, 5) is 11.4. The molecule has 82 valence electrons. The van der Waals surface area contributed by atoms with Crippen LogP contribution in [0.3, 0.4) is 0 Å². The van der Waals surface area contributed by atoms with E-state index in [-0.39, 0.29) is 11.9 Å². The van der Waals surface area contributed by atoms with Gasteiger partial charge in [0.2, 0.25) is 5.91 Å². The van der Waals surface area contributed by atoms with Crippen LogP contribution in [0.1, 0.15) is 26.2 Å². The predicted octanol–water partition coefficient (Wildman–Crippen LogP) is 0.267. The van der Waals surface area contributed by atoms with Gasteiger partial charge < -0.3 is 15.8 Å². The number of carbonyl (C=O) groups excluding carboxylic acids is 1. The van der Waals surface area contributed by atoms with Crippen LogP contribution < -0.4 is 11.1 Å². The van der Waals surface area contributed by atoms with E-state index in [9.17, 15) is 4.79 Å². The van der Waals surface area contributed by atoms with Crippen molar-refractivity contribution in [2.45, 2.75) is 32.2 Å². The van der Waals surface area contributed by atoms with Gasteiger partial charge in [0.15, 0.2) is 0 Å². The fraction of sp³-hybridized carbons (Fsp3) is 0.900. The van der Waals surface area contributed by atoms with Crippen molar-refractivity contribution in [3.8, 4) is 0 Å². The number of nitrogens with one attached hydrogen (secondary N) is 1. The molecule has 1 heterocycles. The Morgan fingerprint density at radius 1 is 1.71 bits per heavy atom. The Morgan fingerprint density at radius 3 is 3.07 bits per heavy atom. The van der Waals surface area contributed by atoms with E-state index in [0.29, 0.717) is 12.5 Å². The molecular weight excluding hydrogens is 180 g/mol. The molecule has 14 heavy (non-hydrogen) atoms. The molecule has 0 aliphatic carbocycles. The minimum Gasteiger partial charge on any atom is -0.381 e. The third-order valence-corrected chi connectivity index (χ3v) is 2.53. The molecule has 4 heteroatoms. The van der Waals surface area contributed by atoms with E-state index in [2.05, 4.69) is 5.32 Å². The van der Waals surface area contributed by atoms with Crippen LogP contribution in [0, 0.1) is 5.92 Å². The molecule has 1 rings (SSSR count). The van der Waals surface area contributed by atoms with Gasteiger partial charge in [0, 0.05) is 19.1 Å². The van der Waals surface area contributed by atoms with Gasteiger partial charge in [-0.15, -0.1) is 0 Å². The zero-order chi connectivity index (χ0) is 10.4. The predicted molar refractivity (Wildman–Crippen MR) is 54.8 cm³/mol. The van der Waals surface area contributed by atoms with E-state index in [0.717, 1.165) is 32.5 Å². The summed E-state index contributed by atoms with van der Waals surface area (Å²) in [5.74, 6) is 0.450. The Morgan fingerprint density at radius 2 is 2.50 bits per heavy atom. The van der Waals surface area contributed by atoms with Gasteiger partial charge in [-0.1, -0.05) is 13.3 Å². The zero-order valence-corrected chi connectivity index (χ0v) is 8.79. The maximum atomic E-state index is 11.4. The summed E-state index contributed by atoms with van der Waals surface area (Å²) in [7, 11) is 0. The Balaban J connectivity index is 2.13. The van der Waals surface area contributed by atoms with E-state index in [1.165, 1.54) is 0 Å². The minimum absolute atomic E-state index is 0.0289. The first-order valence-electron chi connectivity index (χ1n) is 5.35. The molecule has 0 aromatic rings. The quantitative estimate of drug-likeness (QED) is 0.669. The second-order valence-corrected chi connectivity index (χ2v) is 3.87. The summed E-state index contributed by atoms with van der Waals surface area (Å²) in [6.45, 7) is 4.32. The first-order valence-corrected chi connectivity index (χ1v) is 5.35. The van der Waals surface area contributed by atoms with Crippen molar-refractivity contribution >= 4 is 5.91 Å². The van der Waals surface area contributed by atoms with Gasteiger partial charge in [-0.3, -0.25) is 4.79 Å². The number of ether oxygens (including phenoxy) is 1. The van der Waals surface area contributed by atoms with Gasteiger partial charge >= 0.3 is 0 Å². The van der Waals surface area contributed by atoms with Gasteiger partial charge in [0.05, 0.1) is 12.6 Å². The molecule has 1 amide bonds. The number of hydrogen-bond acceptors (Lipinski definition) is 3. The largest absolute Gasteiger partial charge is 0.381 e. The van der Waals surface area contributed by atoms with Crippen LogP contribution >= 0.6 is 0 Å². The molecule has 1 saturated heterocycles. The first-order chi connectivity index (χ1) is 6.74. The van der Waals surface area contributed by atoms with E-state index in [4.69, 9.17) is 10.5 Å². The van der Waals surface area contributed by atoms with Crippen molar-refractivity contribution in [3.05, 3.63) is 0 Å². The van der Waals surface area contributed by atoms with Crippen molar-refractivity contribution in [1.82, 2.24) is 5.32 Å². The van der Waals surface area contributed by atoms with Crippen LogP contribution in [0.15, 0.2) is 0 Å². The van der Waals surface area contributed by atoms with Crippen molar-refractivity contribution in [1.29, 1.82) is 0 Å². The molecule has 0 aromatic carbocycles. The number of amides is 1. The van der Waals surface area contributed by atoms with E-state index >= 15 is 0 Å². The molecule has 2 atom stereocenters. The summed E-state index contributed by atoms with van der Waals surface area (Å²) in [5.41, 5.74) is 5.67. The molecule has 0 radical (unpaired) electrons. The summed E-state index contributed by atoms with van der Waals surface area (Å²) >= 11 is 0. The highest BCUT2D eigenvalue weighted by molar-refractivity contribution is 5.81. The van der Waals surface area contributed by atoms with Crippen molar-refractivity contribution in [2.75, 3.05) is 19.8 Å². The van der Waals surface area contributed by atoms with Crippen LogP contribution in [0.5, 0.6) is 0 Å². The molecule has 0 spiro atoms. The molecule has 0 saturated carbocycles. The number of nitrogens with two attached hydrogens (primary N) is 1. The summed E-state index contributed by atoms with van der Waals surface area (Å²) in [6.07, 6.45) is 2.75. The third kappa shape index (κ3) is 3.64. The third-order valence-electron chi connectivity index (χ3n) is 2.53. The molecule has 0 aromatic heterocycles. The maximum absolute atomic E-state index is 11.4. The Hall–Kier alpha value is -0.610. The Bertz CT molecular complexity index is 179. The van der Waals surface area contributed by atoms with E-state index in [1.807, 2.05) is 6.92 Å². The van der Waals surface area contributed by atoms with Gasteiger partial charge in [0.25, 0.3) is 0 Å². The van der Waals surface area contributed by atoms with Gasteiger partial charge in [-0.25, -0.2) is 0 Å².